The number of nitrogens with one attached hydrogen (secondary N) is 1. The second kappa shape index (κ2) is 4.79. The van der Waals surface area contributed by atoms with Gasteiger partial charge < -0.3 is 5.32 Å². The van der Waals surface area contributed by atoms with Crippen LogP contribution in [0.4, 0.5) is 10.1 Å². The number of halogens is 1. The van der Waals surface area contributed by atoms with Crippen LogP contribution >= 0.6 is 0 Å². The van der Waals surface area contributed by atoms with E-state index in [4.69, 9.17) is 0 Å². The van der Waals surface area contributed by atoms with E-state index in [-0.39, 0.29) is 5.82 Å². The monoisotopic (exact) mass is 215 g/mol. The lowest BCUT2D eigenvalue weighted by molar-refractivity contribution is 0.628. The van der Waals surface area contributed by atoms with Crippen molar-refractivity contribution in [2.24, 2.45) is 0 Å². The highest BCUT2D eigenvalue weighted by Gasteiger charge is 1.98. The first kappa shape index (κ1) is 10.7. The van der Waals surface area contributed by atoms with Gasteiger partial charge in [0, 0.05) is 12.2 Å². The Hall–Kier alpha value is -1.83. The second-order valence-corrected chi connectivity index (χ2v) is 3.62. The molecule has 0 aliphatic heterocycles. The SMILES string of the molecule is CCNc1ccc(-c2cccc(F)c2)cc1. The van der Waals surface area contributed by atoms with Gasteiger partial charge in [-0.2, -0.15) is 0 Å². The molecule has 2 aromatic rings. The maximum Gasteiger partial charge on any atom is 0.123 e. The van der Waals surface area contributed by atoms with E-state index in [1.54, 1.807) is 12.1 Å². The van der Waals surface area contributed by atoms with Gasteiger partial charge in [-0.3, -0.25) is 0 Å². The van der Waals surface area contributed by atoms with Crippen molar-refractivity contribution in [3.63, 3.8) is 0 Å². The summed E-state index contributed by atoms with van der Waals surface area (Å²) in [5.41, 5.74) is 3.02. The molecular weight excluding hydrogens is 201 g/mol. The van der Waals surface area contributed by atoms with E-state index < -0.39 is 0 Å². The summed E-state index contributed by atoms with van der Waals surface area (Å²) in [6, 6.07) is 14.6. The lowest BCUT2D eigenvalue weighted by Crippen LogP contribution is -1.95. The molecule has 0 atom stereocenters. The average molecular weight is 215 g/mol. The van der Waals surface area contributed by atoms with Crippen molar-refractivity contribution in [1.29, 1.82) is 0 Å². The van der Waals surface area contributed by atoms with Crippen LogP contribution < -0.4 is 5.32 Å². The summed E-state index contributed by atoms with van der Waals surface area (Å²) in [7, 11) is 0. The van der Waals surface area contributed by atoms with Gasteiger partial charge in [0.1, 0.15) is 5.82 Å². The predicted molar refractivity (Wildman–Crippen MR) is 66.0 cm³/mol. The number of anilines is 1. The fourth-order valence-corrected chi connectivity index (χ4v) is 1.65. The van der Waals surface area contributed by atoms with Crippen molar-refractivity contribution in [3.8, 4) is 11.1 Å². The summed E-state index contributed by atoms with van der Waals surface area (Å²) in [5, 5.41) is 3.22. The Morgan fingerprint density at radius 3 is 2.38 bits per heavy atom. The maximum absolute atomic E-state index is 13.0. The van der Waals surface area contributed by atoms with Crippen LogP contribution in [0.1, 0.15) is 6.92 Å². The van der Waals surface area contributed by atoms with Crippen LogP contribution in [0.3, 0.4) is 0 Å². The van der Waals surface area contributed by atoms with Gasteiger partial charge in [-0.1, -0.05) is 24.3 Å². The van der Waals surface area contributed by atoms with E-state index in [9.17, 15) is 4.39 Å². The Bertz CT molecular complexity index is 462. The Morgan fingerprint density at radius 2 is 1.75 bits per heavy atom. The molecule has 0 heterocycles. The topological polar surface area (TPSA) is 12.0 Å². The van der Waals surface area contributed by atoms with Crippen molar-refractivity contribution in [2.45, 2.75) is 6.92 Å². The van der Waals surface area contributed by atoms with Crippen LogP contribution in [0.5, 0.6) is 0 Å². The summed E-state index contributed by atoms with van der Waals surface area (Å²) in [5.74, 6) is -0.201. The van der Waals surface area contributed by atoms with E-state index in [0.717, 1.165) is 23.4 Å². The fraction of sp³-hybridized carbons (Fsp3) is 0.143. The van der Waals surface area contributed by atoms with Gasteiger partial charge in [0.05, 0.1) is 0 Å². The molecule has 0 aromatic heterocycles. The van der Waals surface area contributed by atoms with Gasteiger partial charge in [-0.15, -0.1) is 0 Å². The number of benzene rings is 2. The van der Waals surface area contributed by atoms with Gasteiger partial charge in [-0.25, -0.2) is 4.39 Å². The van der Waals surface area contributed by atoms with Crippen molar-refractivity contribution in [3.05, 3.63) is 54.3 Å². The number of hydrogen-bond acceptors (Lipinski definition) is 1. The molecule has 0 unspecified atom stereocenters. The Morgan fingerprint density at radius 1 is 1.00 bits per heavy atom. The fourth-order valence-electron chi connectivity index (χ4n) is 1.65. The highest BCUT2D eigenvalue weighted by molar-refractivity contribution is 5.65. The van der Waals surface area contributed by atoms with E-state index in [0.29, 0.717) is 0 Å². The lowest BCUT2D eigenvalue weighted by Gasteiger charge is -2.05. The zero-order chi connectivity index (χ0) is 11.4. The van der Waals surface area contributed by atoms with Crippen molar-refractivity contribution in [2.75, 3.05) is 11.9 Å². The largest absolute Gasteiger partial charge is 0.385 e. The third-order valence-electron chi connectivity index (χ3n) is 2.42. The minimum absolute atomic E-state index is 0.201. The zero-order valence-electron chi connectivity index (χ0n) is 9.20. The summed E-state index contributed by atoms with van der Waals surface area (Å²) < 4.78 is 13.0. The maximum atomic E-state index is 13.0. The summed E-state index contributed by atoms with van der Waals surface area (Å²) in [6.45, 7) is 2.96. The molecule has 82 valence electrons. The Balaban J connectivity index is 2.27. The quantitative estimate of drug-likeness (QED) is 0.818. The molecule has 1 nitrogen and oxygen atoms in total. The smallest absolute Gasteiger partial charge is 0.123 e. The van der Waals surface area contributed by atoms with Gasteiger partial charge in [0.15, 0.2) is 0 Å². The van der Waals surface area contributed by atoms with Crippen LogP contribution in [0.2, 0.25) is 0 Å². The van der Waals surface area contributed by atoms with Gasteiger partial charge >= 0.3 is 0 Å². The molecule has 0 aliphatic carbocycles. The Kier molecular flexibility index (Phi) is 3.20. The summed E-state index contributed by atoms with van der Waals surface area (Å²) >= 11 is 0. The molecule has 0 fully saturated rings. The molecule has 0 spiro atoms. The van der Waals surface area contributed by atoms with Crippen LogP contribution in [0.15, 0.2) is 48.5 Å². The molecule has 2 heteroatoms. The van der Waals surface area contributed by atoms with E-state index >= 15 is 0 Å². The highest BCUT2D eigenvalue weighted by atomic mass is 19.1. The van der Waals surface area contributed by atoms with Crippen LogP contribution in [0.25, 0.3) is 11.1 Å². The molecule has 0 radical (unpaired) electrons. The highest BCUT2D eigenvalue weighted by Crippen LogP contribution is 2.21. The third-order valence-corrected chi connectivity index (χ3v) is 2.42. The van der Waals surface area contributed by atoms with E-state index in [2.05, 4.69) is 12.2 Å². The van der Waals surface area contributed by atoms with Crippen molar-refractivity contribution >= 4 is 5.69 Å². The first-order chi connectivity index (χ1) is 7.79. The molecule has 1 N–H and O–H groups in total. The second-order valence-electron chi connectivity index (χ2n) is 3.62. The lowest BCUT2D eigenvalue weighted by atomic mass is 10.1. The molecule has 0 saturated carbocycles. The summed E-state index contributed by atoms with van der Waals surface area (Å²) in [6.07, 6.45) is 0. The zero-order valence-corrected chi connectivity index (χ0v) is 9.20. The number of hydrogen-bond donors (Lipinski definition) is 1. The molecule has 0 saturated heterocycles. The van der Waals surface area contributed by atoms with Crippen molar-refractivity contribution < 1.29 is 4.39 Å². The van der Waals surface area contributed by atoms with Crippen LogP contribution in [-0.2, 0) is 0 Å². The van der Waals surface area contributed by atoms with E-state index in [1.165, 1.54) is 6.07 Å². The van der Waals surface area contributed by atoms with E-state index in [1.807, 2.05) is 30.3 Å². The molecule has 0 amide bonds. The molecule has 0 bridgehead atoms. The van der Waals surface area contributed by atoms with Gasteiger partial charge in [-0.05, 0) is 42.3 Å². The Labute approximate surface area is 94.9 Å². The first-order valence-electron chi connectivity index (χ1n) is 5.39. The minimum Gasteiger partial charge on any atom is -0.385 e. The molecular formula is C14H14FN. The molecule has 16 heavy (non-hydrogen) atoms. The third kappa shape index (κ3) is 2.40. The van der Waals surface area contributed by atoms with Crippen LogP contribution in [-0.4, -0.2) is 6.54 Å². The average Bonchev–Trinajstić information content (AvgIpc) is 2.30. The first-order valence-corrected chi connectivity index (χ1v) is 5.39. The minimum atomic E-state index is -0.201. The van der Waals surface area contributed by atoms with Crippen molar-refractivity contribution in [1.82, 2.24) is 0 Å². The number of rotatable bonds is 3. The molecule has 0 aliphatic rings. The summed E-state index contributed by atoms with van der Waals surface area (Å²) in [4.78, 5) is 0. The predicted octanol–water partition coefficient (Wildman–Crippen LogP) is 3.92. The van der Waals surface area contributed by atoms with Crippen LogP contribution in [0, 0.1) is 5.82 Å². The standard InChI is InChI=1S/C14H14FN/c1-2-16-14-8-6-11(7-9-14)12-4-3-5-13(15)10-12/h3-10,16H,2H2,1H3. The normalized spacial score (nSPS) is 10.1. The van der Waals surface area contributed by atoms with Gasteiger partial charge in [0.2, 0.25) is 0 Å². The van der Waals surface area contributed by atoms with Gasteiger partial charge in [0.25, 0.3) is 0 Å². The molecule has 2 aromatic carbocycles. The molecule has 2 rings (SSSR count).